The second kappa shape index (κ2) is 9.75. The average molecular weight is 456 g/mol. The molecule has 1 N–H and O–H groups in total. The second-order valence-corrected chi connectivity index (χ2v) is 8.51. The van der Waals surface area contributed by atoms with E-state index in [1.54, 1.807) is 18.2 Å². The molecule has 0 spiro atoms. The lowest BCUT2D eigenvalue weighted by Crippen LogP contribution is -2.44. The van der Waals surface area contributed by atoms with Crippen LogP contribution in [0.25, 0.3) is 10.9 Å². The molecule has 1 aliphatic rings. The van der Waals surface area contributed by atoms with Crippen molar-refractivity contribution in [1.82, 2.24) is 9.88 Å². The zero-order chi connectivity index (χ0) is 22.7. The molecule has 3 aromatic rings. The Hall–Kier alpha value is -2.84. The maximum atomic E-state index is 14.8. The zero-order valence-corrected chi connectivity index (χ0v) is 19.0. The van der Waals surface area contributed by atoms with Crippen LogP contribution >= 0.6 is 11.8 Å². The number of nitrogens with one attached hydrogen (secondary N) is 1. The third kappa shape index (κ3) is 4.12. The van der Waals surface area contributed by atoms with E-state index < -0.39 is 11.9 Å². The van der Waals surface area contributed by atoms with Gasteiger partial charge in [0.2, 0.25) is 11.8 Å². The summed E-state index contributed by atoms with van der Waals surface area (Å²) < 4.78 is 22.2. The monoisotopic (exact) mass is 455 g/mol. The first-order valence-corrected chi connectivity index (χ1v) is 11.6. The number of benzene rings is 2. The van der Waals surface area contributed by atoms with E-state index in [1.165, 1.54) is 22.7 Å². The number of hydrogen-bond donors (Lipinski definition) is 1. The maximum Gasteiger partial charge on any atom is 0.247 e. The third-order valence-corrected chi connectivity index (χ3v) is 6.71. The molecule has 6 nitrogen and oxygen atoms in total. The molecule has 2 heterocycles. The number of thioether (sulfide) groups is 1. The van der Waals surface area contributed by atoms with Gasteiger partial charge in [0.05, 0.1) is 16.5 Å². The number of aromatic nitrogens is 1. The molecule has 0 bridgehead atoms. The molecule has 1 aromatic heterocycles. The highest BCUT2D eigenvalue weighted by Gasteiger charge is 2.40. The van der Waals surface area contributed by atoms with Gasteiger partial charge >= 0.3 is 0 Å². The predicted octanol–water partition coefficient (Wildman–Crippen LogP) is 4.04. The maximum absolute atomic E-state index is 14.8. The molecule has 0 saturated carbocycles. The van der Waals surface area contributed by atoms with E-state index in [0.29, 0.717) is 26.2 Å². The highest BCUT2D eigenvalue weighted by atomic mass is 32.2. The Kier molecular flexibility index (Phi) is 6.81. The number of carbonyl (C=O) groups is 2. The van der Waals surface area contributed by atoms with Crippen molar-refractivity contribution in [1.29, 1.82) is 0 Å². The number of carbonyl (C=O) groups excluding carboxylic acids is 2. The van der Waals surface area contributed by atoms with Gasteiger partial charge in [-0.2, -0.15) is 0 Å². The summed E-state index contributed by atoms with van der Waals surface area (Å²) in [5.74, 6) is -1.07. The van der Waals surface area contributed by atoms with Crippen LogP contribution in [-0.2, 0) is 21.4 Å². The summed E-state index contributed by atoms with van der Waals surface area (Å²) in [6.45, 7) is 3.47. The van der Waals surface area contributed by atoms with Gasteiger partial charge in [-0.25, -0.2) is 4.39 Å². The number of fused-ring (bicyclic) bond motifs is 3. The molecular formula is C24H26FN3O3S. The highest BCUT2D eigenvalue weighted by Crippen LogP contribution is 2.43. The lowest BCUT2D eigenvalue weighted by atomic mass is 10.0. The van der Waals surface area contributed by atoms with Crippen molar-refractivity contribution in [2.24, 2.45) is 7.05 Å². The van der Waals surface area contributed by atoms with E-state index in [2.05, 4.69) is 5.32 Å². The van der Waals surface area contributed by atoms with E-state index in [1.807, 2.05) is 42.8 Å². The Morgan fingerprint density at radius 1 is 1.22 bits per heavy atom. The van der Waals surface area contributed by atoms with Crippen LogP contribution in [0.4, 0.5) is 10.1 Å². The zero-order valence-electron chi connectivity index (χ0n) is 18.1. The van der Waals surface area contributed by atoms with Crippen LogP contribution in [0.2, 0.25) is 0 Å². The highest BCUT2D eigenvalue weighted by molar-refractivity contribution is 8.00. The molecule has 4 rings (SSSR count). The fraction of sp³-hybridized carbons (Fsp3) is 0.333. The van der Waals surface area contributed by atoms with Gasteiger partial charge in [0.15, 0.2) is 0 Å². The number of halogens is 1. The normalized spacial score (nSPS) is 16.2. The number of para-hydroxylation sites is 2. The van der Waals surface area contributed by atoms with E-state index in [0.717, 1.165) is 21.5 Å². The van der Waals surface area contributed by atoms with Crippen LogP contribution in [0.15, 0.2) is 53.6 Å². The number of amides is 2. The minimum atomic E-state index is -0.984. The Labute approximate surface area is 190 Å². The number of hydrogen-bond acceptors (Lipinski definition) is 4. The Morgan fingerprint density at radius 3 is 2.75 bits per heavy atom. The van der Waals surface area contributed by atoms with Gasteiger partial charge in [-0.05, 0) is 31.5 Å². The largest absolute Gasteiger partial charge is 0.382 e. The van der Waals surface area contributed by atoms with Gasteiger partial charge in [-0.15, -0.1) is 0 Å². The summed E-state index contributed by atoms with van der Waals surface area (Å²) in [4.78, 5) is 28.1. The Morgan fingerprint density at radius 2 is 1.97 bits per heavy atom. The quantitative estimate of drug-likeness (QED) is 0.546. The fourth-order valence-electron chi connectivity index (χ4n) is 4.11. The van der Waals surface area contributed by atoms with E-state index in [-0.39, 0.29) is 23.3 Å². The van der Waals surface area contributed by atoms with Gasteiger partial charge in [0.25, 0.3) is 0 Å². The number of rotatable bonds is 7. The van der Waals surface area contributed by atoms with E-state index in [9.17, 15) is 14.0 Å². The number of aryl methyl sites for hydroxylation is 1. The molecule has 0 unspecified atom stereocenters. The Balaban J connectivity index is 1.82. The molecule has 168 valence electrons. The molecule has 0 radical (unpaired) electrons. The van der Waals surface area contributed by atoms with Crippen LogP contribution in [0.3, 0.4) is 0 Å². The summed E-state index contributed by atoms with van der Waals surface area (Å²) in [5.41, 5.74) is 1.79. The first-order valence-electron chi connectivity index (χ1n) is 10.7. The minimum absolute atomic E-state index is 0.105. The molecule has 0 aliphatic carbocycles. The lowest BCUT2D eigenvalue weighted by Gasteiger charge is -2.30. The van der Waals surface area contributed by atoms with Gasteiger partial charge < -0.3 is 14.6 Å². The third-order valence-electron chi connectivity index (χ3n) is 5.55. The molecule has 0 saturated heterocycles. The molecule has 1 aliphatic heterocycles. The minimum Gasteiger partial charge on any atom is -0.382 e. The molecule has 2 aromatic carbocycles. The molecule has 32 heavy (non-hydrogen) atoms. The smallest absolute Gasteiger partial charge is 0.247 e. The SMILES string of the molecule is CCOCCCNC(=O)[C@H]1c2c(n(C)c3ccccc23)SCC(=O)N1c1ccccc1F. The van der Waals surface area contributed by atoms with Crippen LogP contribution in [0.1, 0.15) is 24.9 Å². The molecule has 1 atom stereocenters. The van der Waals surface area contributed by atoms with Crippen molar-refractivity contribution >= 4 is 40.2 Å². The summed E-state index contributed by atoms with van der Waals surface area (Å²) in [5, 5.41) is 4.66. The lowest BCUT2D eigenvalue weighted by molar-refractivity contribution is -0.125. The van der Waals surface area contributed by atoms with E-state index in [4.69, 9.17) is 4.74 Å². The van der Waals surface area contributed by atoms with Crippen molar-refractivity contribution < 1.29 is 18.7 Å². The summed E-state index contributed by atoms with van der Waals surface area (Å²) >= 11 is 1.38. The standard InChI is InChI=1S/C24H26FN3O3S/c1-3-31-14-8-13-26-23(30)22-21-16-9-4-6-11-18(16)27(2)24(21)32-15-20(29)28(22)19-12-7-5-10-17(19)25/h4-7,9-12,22H,3,8,13-15H2,1-2H3,(H,26,30)/t22-/m1/s1. The van der Waals surface area contributed by atoms with Crippen LogP contribution in [0.5, 0.6) is 0 Å². The van der Waals surface area contributed by atoms with Gasteiger partial charge in [0.1, 0.15) is 11.9 Å². The molecule has 2 amide bonds. The van der Waals surface area contributed by atoms with Gasteiger partial charge in [0, 0.05) is 43.3 Å². The average Bonchev–Trinajstić information content (AvgIpc) is 2.97. The van der Waals surface area contributed by atoms with Crippen molar-refractivity contribution in [3.63, 3.8) is 0 Å². The van der Waals surface area contributed by atoms with Crippen molar-refractivity contribution in [2.45, 2.75) is 24.4 Å². The summed E-state index contributed by atoms with van der Waals surface area (Å²) in [7, 11) is 1.93. The van der Waals surface area contributed by atoms with Crippen molar-refractivity contribution in [3.8, 4) is 0 Å². The van der Waals surface area contributed by atoms with Gasteiger partial charge in [-0.3, -0.25) is 14.5 Å². The van der Waals surface area contributed by atoms with Crippen LogP contribution < -0.4 is 10.2 Å². The first-order chi connectivity index (χ1) is 15.5. The number of anilines is 1. The number of ether oxygens (including phenoxy) is 1. The summed E-state index contributed by atoms with van der Waals surface area (Å²) in [6.07, 6.45) is 0.650. The topological polar surface area (TPSA) is 63.6 Å². The van der Waals surface area contributed by atoms with Crippen molar-refractivity contribution in [3.05, 3.63) is 59.9 Å². The molecule has 8 heteroatoms. The van der Waals surface area contributed by atoms with Gasteiger partial charge in [-0.1, -0.05) is 42.1 Å². The Bertz CT molecular complexity index is 1150. The van der Waals surface area contributed by atoms with Crippen LogP contribution in [-0.4, -0.2) is 41.9 Å². The van der Waals surface area contributed by atoms with Crippen molar-refractivity contribution in [2.75, 3.05) is 30.4 Å². The number of nitrogens with zero attached hydrogens (tertiary/aromatic N) is 2. The molecule has 0 fully saturated rings. The van der Waals surface area contributed by atoms with Crippen LogP contribution in [0, 0.1) is 5.82 Å². The first kappa shape index (κ1) is 22.4. The summed E-state index contributed by atoms with van der Waals surface area (Å²) in [6, 6.07) is 12.9. The van der Waals surface area contributed by atoms with E-state index >= 15 is 0 Å². The second-order valence-electron chi connectivity index (χ2n) is 7.54. The predicted molar refractivity (Wildman–Crippen MR) is 124 cm³/mol. The fourth-order valence-corrected chi connectivity index (χ4v) is 5.17. The molecular weight excluding hydrogens is 429 g/mol.